The molecule has 0 aliphatic carbocycles. The van der Waals surface area contributed by atoms with Crippen molar-refractivity contribution in [1.82, 2.24) is 0 Å². The van der Waals surface area contributed by atoms with Gasteiger partial charge in [-0.25, -0.2) is 8.78 Å². The molecule has 0 aliphatic heterocycles. The number of benzene rings is 1. The molecule has 0 bridgehead atoms. The van der Waals surface area contributed by atoms with Crippen molar-refractivity contribution in [1.29, 1.82) is 0 Å². The maximum Gasteiger partial charge on any atom is 0.174 e. The number of rotatable bonds is 1. The van der Waals surface area contributed by atoms with E-state index in [1.165, 1.54) is 6.07 Å². The predicted octanol–water partition coefficient (Wildman–Crippen LogP) is 2.95. The van der Waals surface area contributed by atoms with Crippen LogP contribution in [0.15, 0.2) is 15.0 Å². The standard InChI is InChI=1S/C7H5Br2F2N/c8-4-1-3(2-12)5(9)7(11)6(4)10/h1H,2,12H2. The fourth-order valence-electron chi connectivity index (χ4n) is 0.770. The molecule has 0 saturated heterocycles. The van der Waals surface area contributed by atoms with E-state index in [4.69, 9.17) is 5.73 Å². The topological polar surface area (TPSA) is 26.0 Å². The van der Waals surface area contributed by atoms with Gasteiger partial charge in [0.1, 0.15) is 0 Å². The van der Waals surface area contributed by atoms with Crippen LogP contribution in [0, 0.1) is 11.6 Å². The van der Waals surface area contributed by atoms with Crippen LogP contribution in [-0.4, -0.2) is 0 Å². The number of halogens is 4. The van der Waals surface area contributed by atoms with Gasteiger partial charge in [-0.3, -0.25) is 0 Å². The van der Waals surface area contributed by atoms with E-state index < -0.39 is 11.6 Å². The minimum atomic E-state index is -0.912. The van der Waals surface area contributed by atoms with Crippen molar-refractivity contribution >= 4 is 31.9 Å². The molecular weight excluding hydrogens is 296 g/mol. The molecule has 1 aromatic rings. The Labute approximate surface area is 85.2 Å². The zero-order chi connectivity index (χ0) is 9.30. The van der Waals surface area contributed by atoms with Gasteiger partial charge >= 0.3 is 0 Å². The monoisotopic (exact) mass is 299 g/mol. The first-order valence-electron chi connectivity index (χ1n) is 3.10. The molecule has 1 rings (SSSR count). The molecule has 0 unspecified atom stereocenters. The van der Waals surface area contributed by atoms with Gasteiger partial charge in [0.25, 0.3) is 0 Å². The molecule has 0 saturated carbocycles. The van der Waals surface area contributed by atoms with Crippen LogP contribution >= 0.6 is 31.9 Å². The first-order valence-corrected chi connectivity index (χ1v) is 4.68. The highest BCUT2D eigenvalue weighted by Crippen LogP contribution is 2.28. The normalized spacial score (nSPS) is 10.4. The van der Waals surface area contributed by atoms with Crippen LogP contribution in [0.4, 0.5) is 8.78 Å². The van der Waals surface area contributed by atoms with Crippen LogP contribution < -0.4 is 5.73 Å². The van der Waals surface area contributed by atoms with Crippen LogP contribution in [-0.2, 0) is 6.54 Å². The Hall–Kier alpha value is -0.000000000000000111. The molecule has 0 atom stereocenters. The van der Waals surface area contributed by atoms with Crippen molar-refractivity contribution in [2.45, 2.75) is 6.54 Å². The molecule has 0 fully saturated rings. The summed E-state index contributed by atoms with van der Waals surface area (Å²) in [6.07, 6.45) is 0. The lowest BCUT2D eigenvalue weighted by atomic mass is 10.2. The summed E-state index contributed by atoms with van der Waals surface area (Å²) in [6.45, 7) is 0.163. The van der Waals surface area contributed by atoms with Crippen LogP contribution in [0.1, 0.15) is 5.56 Å². The van der Waals surface area contributed by atoms with Gasteiger partial charge in [-0.2, -0.15) is 0 Å². The van der Waals surface area contributed by atoms with E-state index in [0.29, 0.717) is 5.56 Å². The van der Waals surface area contributed by atoms with Gasteiger partial charge in [0.15, 0.2) is 11.6 Å². The average Bonchev–Trinajstić information content (AvgIpc) is 2.08. The lowest BCUT2D eigenvalue weighted by Gasteiger charge is -2.04. The molecule has 66 valence electrons. The summed E-state index contributed by atoms with van der Waals surface area (Å²) in [7, 11) is 0. The van der Waals surface area contributed by atoms with Gasteiger partial charge in [0, 0.05) is 6.54 Å². The molecule has 0 radical (unpaired) electrons. The van der Waals surface area contributed by atoms with E-state index >= 15 is 0 Å². The molecule has 0 spiro atoms. The molecule has 5 heteroatoms. The average molecular weight is 301 g/mol. The molecule has 1 aromatic carbocycles. The van der Waals surface area contributed by atoms with E-state index in [1.54, 1.807) is 0 Å². The molecule has 0 amide bonds. The predicted molar refractivity (Wildman–Crippen MR) is 49.6 cm³/mol. The van der Waals surface area contributed by atoms with Gasteiger partial charge < -0.3 is 5.73 Å². The van der Waals surface area contributed by atoms with Crippen LogP contribution in [0.2, 0.25) is 0 Å². The quantitative estimate of drug-likeness (QED) is 0.626. The van der Waals surface area contributed by atoms with Crippen molar-refractivity contribution in [2.24, 2.45) is 5.73 Å². The molecule has 1 nitrogen and oxygen atoms in total. The highest BCUT2D eigenvalue weighted by molar-refractivity contribution is 9.11. The molecule has 0 heterocycles. The van der Waals surface area contributed by atoms with Crippen LogP contribution in [0.5, 0.6) is 0 Å². The minimum Gasteiger partial charge on any atom is -0.326 e. The Kier molecular flexibility index (Phi) is 3.20. The summed E-state index contributed by atoms with van der Waals surface area (Å²) >= 11 is 5.79. The second-order valence-corrected chi connectivity index (χ2v) is 3.81. The van der Waals surface area contributed by atoms with E-state index in [2.05, 4.69) is 31.9 Å². The van der Waals surface area contributed by atoms with Gasteiger partial charge in [-0.15, -0.1) is 0 Å². The van der Waals surface area contributed by atoms with Crippen molar-refractivity contribution in [2.75, 3.05) is 0 Å². The maximum atomic E-state index is 12.9. The highest BCUT2D eigenvalue weighted by atomic mass is 79.9. The largest absolute Gasteiger partial charge is 0.326 e. The number of hydrogen-bond donors (Lipinski definition) is 1. The van der Waals surface area contributed by atoms with Crippen molar-refractivity contribution in [3.63, 3.8) is 0 Å². The van der Waals surface area contributed by atoms with Gasteiger partial charge in [0.2, 0.25) is 0 Å². The Bertz CT molecular complexity index is 315. The zero-order valence-corrected chi connectivity index (χ0v) is 9.05. The fraction of sp³-hybridized carbons (Fsp3) is 0.143. The SMILES string of the molecule is NCc1cc(Br)c(F)c(F)c1Br. The van der Waals surface area contributed by atoms with E-state index in [9.17, 15) is 8.78 Å². The van der Waals surface area contributed by atoms with Crippen molar-refractivity contribution < 1.29 is 8.78 Å². The van der Waals surface area contributed by atoms with Crippen molar-refractivity contribution in [3.8, 4) is 0 Å². The number of hydrogen-bond acceptors (Lipinski definition) is 1. The fourth-order valence-corrected chi connectivity index (χ4v) is 1.67. The van der Waals surface area contributed by atoms with Gasteiger partial charge in [-0.1, -0.05) is 0 Å². The first-order chi connectivity index (χ1) is 5.57. The third-order valence-electron chi connectivity index (χ3n) is 1.40. The summed E-state index contributed by atoms with van der Waals surface area (Å²) in [6, 6.07) is 1.45. The second kappa shape index (κ2) is 3.81. The summed E-state index contributed by atoms with van der Waals surface area (Å²) in [4.78, 5) is 0. The van der Waals surface area contributed by atoms with Crippen LogP contribution in [0.25, 0.3) is 0 Å². The third kappa shape index (κ3) is 1.67. The minimum absolute atomic E-state index is 0.0867. The van der Waals surface area contributed by atoms with E-state index in [0.717, 1.165) is 0 Å². The summed E-state index contributed by atoms with van der Waals surface area (Å²) in [5.41, 5.74) is 5.83. The molecule has 0 aromatic heterocycles. The van der Waals surface area contributed by atoms with Gasteiger partial charge in [0.05, 0.1) is 8.95 Å². The molecule has 0 aliphatic rings. The second-order valence-electron chi connectivity index (χ2n) is 2.16. The Morgan fingerprint density at radius 2 is 1.83 bits per heavy atom. The maximum absolute atomic E-state index is 12.9. The lowest BCUT2D eigenvalue weighted by Crippen LogP contribution is -2.01. The smallest absolute Gasteiger partial charge is 0.174 e. The van der Waals surface area contributed by atoms with E-state index in [1.807, 2.05) is 0 Å². The Morgan fingerprint density at radius 1 is 1.25 bits per heavy atom. The Balaban J connectivity index is 3.39. The highest BCUT2D eigenvalue weighted by Gasteiger charge is 2.13. The zero-order valence-electron chi connectivity index (χ0n) is 5.87. The summed E-state index contributed by atoms with van der Waals surface area (Å²) in [5, 5.41) is 0. The summed E-state index contributed by atoms with van der Waals surface area (Å²) in [5.74, 6) is -1.82. The molecule has 2 N–H and O–H groups in total. The Morgan fingerprint density at radius 3 is 2.33 bits per heavy atom. The lowest BCUT2D eigenvalue weighted by molar-refractivity contribution is 0.498. The first kappa shape index (κ1) is 10.1. The van der Waals surface area contributed by atoms with Gasteiger partial charge in [-0.05, 0) is 43.5 Å². The number of nitrogens with two attached hydrogens (primary N) is 1. The van der Waals surface area contributed by atoms with Crippen molar-refractivity contribution in [3.05, 3.63) is 32.2 Å². The molecule has 12 heavy (non-hydrogen) atoms. The van der Waals surface area contributed by atoms with E-state index in [-0.39, 0.29) is 15.5 Å². The third-order valence-corrected chi connectivity index (χ3v) is 2.83. The van der Waals surface area contributed by atoms with Crippen LogP contribution in [0.3, 0.4) is 0 Å². The summed E-state index contributed by atoms with van der Waals surface area (Å²) < 4.78 is 25.9. The molecular formula is C7H5Br2F2N.